The molecule has 0 radical (unpaired) electrons. The van der Waals surface area contributed by atoms with Gasteiger partial charge >= 0.3 is 0 Å². The van der Waals surface area contributed by atoms with Crippen molar-refractivity contribution in [3.05, 3.63) is 11.6 Å². The number of ketones is 1. The van der Waals surface area contributed by atoms with Crippen LogP contribution in [0.2, 0.25) is 0 Å². The number of rotatable bonds is 10. The molecule has 0 bridgehead atoms. The van der Waals surface area contributed by atoms with E-state index >= 15 is 0 Å². The molecule has 0 saturated heterocycles. The maximum absolute atomic E-state index is 12.3. The van der Waals surface area contributed by atoms with Crippen molar-refractivity contribution in [3.8, 4) is 0 Å². The number of hydrogen-bond donors (Lipinski definition) is 1. The van der Waals surface area contributed by atoms with Gasteiger partial charge in [0, 0.05) is 19.4 Å². The Labute approximate surface area is 216 Å². The highest BCUT2D eigenvalue weighted by molar-refractivity contribution is 5.78. The third-order valence-electron chi connectivity index (χ3n) is 11.6. The van der Waals surface area contributed by atoms with Crippen LogP contribution < -0.4 is 0 Å². The van der Waals surface area contributed by atoms with Gasteiger partial charge < -0.3 is 10.0 Å². The molecule has 4 aliphatic carbocycles. The van der Waals surface area contributed by atoms with E-state index in [2.05, 4.69) is 38.7 Å². The molecule has 0 aromatic rings. The van der Waals surface area contributed by atoms with Crippen molar-refractivity contribution >= 4 is 5.78 Å². The molecule has 9 atom stereocenters. The van der Waals surface area contributed by atoms with E-state index in [9.17, 15) is 9.90 Å². The lowest BCUT2D eigenvalue weighted by Gasteiger charge is -2.58. The number of aliphatic hydroxyl groups excluding tert-OH is 1. The maximum atomic E-state index is 12.3. The minimum atomic E-state index is -0.102. The fourth-order valence-corrected chi connectivity index (χ4v) is 9.55. The number of Topliss-reactive ketones (excluding diaryl/α,β-unsaturated/α-hetero) is 1. The number of nitrogens with zero attached hydrogens (tertiary/aromatic N) is 1. The van der Waals surface area contributed by atoms with Crippen molar-refractivity contribution in [2.45, 2.75) is 117 Å². The van der Waals surface area contributed by atoms with Gasteiger partial charge in [-0.1, -0.05) is 58.6 Å². The second-order valence-corrected chi connectivity index (χ2v) is 14.2. The SMILES string of the molecule is CC(CCCC(C)[C@H]1CC[C@H]2[C@@H]3CC=C4C[C@@H](O)CC[C@]4(C)[C@H]3CC[C@]12C)CC(=O)CCN(C)C. The number of allylic oxidation sites excluding steroid dienone is 1. The lowest BCUT2D eigenvalue weighted by Crippen LogP contribution is -2.50. The zero-order chi connectivity index (χ0) is 25.4. The van der Waals surface area contributed by atoms with Crippen LogP contribution in [-0.4, -0.2) is 42.5 Å². The zero-order valence-corrected chi connectivity index (χ0v) is 23.8. The van der Waals surface area contributed by atoms with Crippen molar-refractivity contribution < 1.29 is 9.90 Å². The molecule has 3 heteroatoms. The molecule has 3 nitrogen and oxygen atoms in total. The second-order valence-electron chi connectivity index (χ2n) is 14.2. The third kappa shape index (κ3) is 5.62. The van der Waals surface area contributed by atoms with Crippen LogP contribution in [-0.2, 0) is 4.79 Å². The minimum absolute atomic E-state index is 0.102. The van der Waals surface area contributed by atoms with Crippen molar-refractivity contribution in [3.63, 3.8) is 0 Å². The summed E-state index contributed by atoms with van der Waals surface area (Å²) in [7, 11) is 4.09. The summed E-state index contributed by atoms with van der Waals surface area (Å²) in [5.41, 5.74) is 2.47. The number of carbonyl (C=O) groups excluding carboxylic acids is 1. The van der Waals surface area contributed by atoms with Gasteiger partial charge in [-0.25, -0.2) is 0 Å². The predicted molar refractivity (Wildman–Crippen MR) is 146 cm³/mol. The summed E-state index contributed by atoms with van der Waals surface area (Å²) in [5.74, 6) is 5.23. The highest BCUT2D eigenvalue weighted by Gasteiger charge is 2.59. The molecule has 0 aliphatic heterocycles. The summed E-state index contributed by atoms with van der Waals surface area (Å²) in [5, 5.41) is 10.3. The van der Waals surface area contributed by atoms with Crippen molar-refractivity contribution in [2.75, 3.05) is 20.6 Å². The molecule has 3 fully saturated rings. The molecule has 35 heavy (non-hydrogen) atoms. The van der Waals surface area contributed by atoms with E-state index in [0.29, 0.717) is 29.0 Å². The molecule has 2 unspecified atom stereocenters. The molecular formula is C32H55NO2. The maximum Gasteiger partial charge on any atom is 0.134 e. The van der Waals surface area contributed by atoms with E-state index in [1.165, 1.54) is 57.8 Å². The van der Waals surface area contributed by atoms with E-state index in [4.69, 9.17) is 0 Å². The summed E-state index contributed by atoms with van der Waals surface area (Å²) in [6.07, 6.45) is 17.8. The monoisotopic (exact) mass is 485 g/mol. The van der Waals surface area contributed by atoms with E-state index in [-0.39, 0.29) is 6.10 Å². The smallest absolute Gasteiger partial charge is 0.134 e. The average molecular weight is 486 g/mol. The Morgan fingerprint density at radius 2 is 1.86 bits per heavy atom. The second kappa shape index (κ2) is 11.0. The first-order valence-electron chi connectivity index (χ1n) is 15.1. The molecule has 0 spiro atoms. The number of carbonyl (C=O) groups is 1. The topological polar surface area (TPSA) is 40.5 Å². The van der Waals surface area contributed by atoms with E-state index in [1.807, 2.05) is 14.1 Å². The zero-order valence-electron chi connectivity index (χ0n) is 23.8. The number of hydrogen-bond acceptors (Lipinski definition) is 3. The standard InChI is InChI=1S/C32H55NO2/c1-22(20-26(35)16-19-33(5)6)8-7-9-23(2)28-12-13-29-27-11-10-24-21-25(34)14-17-31(24,3)30(27)15-18-32(28,29)4/h10,22-23,25,27-30,34H,7-9,11-21H2,1-6H3/t22?,23?,25-,27-,28+,29-,30-,31-,32+/m0/s1. The molecule has 1 N–H and O–H groups in total. The van der Waals surface area contributed by atoms with Crippen molar-refractivity contribution in [1.82, 2.24) is 4.90 Å². The fourth-order valence-electron chi connectivity index (χ4n) is 9.55. The summed E-state index contributed by atoms with van der Waals surface area (Å²) >= 11 is 0. The quantitative estimate of drug-likeness (QED) is 0.331. The highest BCUT2D eigenvalue weighted by atomic mass is 16.3. The van der Waals surface area contributed by atoms with Gasteiger partial charge in [0.25, 0.3) is 0 Å². The van der Waals surface area contributed by atoms with Crippen LogP contribution in [0.15, 0.2) is 11.6 Å². The predicted octanol–water partition coefficient (Wildman–Crippen LogP) is 7.28. The van der Waals surface area contributed by atoms with Crippen LogP contribution in [0.1, 0.15) is 111 Å². The van der Waals surface area contributed by atoms with Gasteiger partial charge in [-0.3, -0.25) is 4.79 Å². The molecule has 4 aliphatic rings. The summed E-state index contributed by atoms with van der Waals surface area (Å²) in [6.45, 7) is 10.9. The van der Waals surface area contributed by atoms with Crippen molar-refractivity contribution in [1.29, 1.82) is 0 Å². The average Bonchev–Trinajstić information content (AvgIpc) is 3.15. The molecular weight excluding hydrogens is 430 g/mol. The van der Waals surface area contributed by atoms with Gasteiger partial charge in [-0.15, -0.1) is 0 Å². The minimum Gasteiger partial charge on any atom is -0.393 e. The van der Waals surface area contributed by atoms with Gasteiger partial charge in [-0.05, 0) is 112 Å². The number of fused-ring (bicyclic) bond motifs is 5. The van der Waals surface area contributed by atoms with Gasteiger partial charge in [0.2, 0.25) is 0 Å². The Morgan fingerprint density at radius 3 is 2.60 bits per heavy atom. The summed E-state index contributed by atoms with van der Waals surface area (Å²) in [6, 6.07) is 0. The van der Waals surface area contributed by atoms with Crippen LogP contribution in [0.25, 0.3) is 0 Å². The lowest BCUT2D eigenvalue weighted by atomic mass is 9.47. The molecule has 4 rings (SSSR count). The van der Waals surface area contributed by atoms with E-state index < -0.39 is 0 Å². The normalized spacial score (nSPS) is 40.5. The largest absolute Gasteiger partial charge is 0.393 e. The summed E-state index contributed by atoms with van der Waals surface area (Å²) < 4.78 is 0. The Kier molecular flexibility index (Phi) is 8.58. The van der Waals surface area contributed by atoms with Crippen molar-refractivity contribution in [2.24, 2.45) is 46.3 Å². The lowest BCUT2D eigenvalue weighted by molar-refractivity contribution is -0.120. The van der Waals surface area contributed by atoms with Gasteiger partial charge in [-0.2, -0.15) is 0 Å². The van der Waals surface area contributed by atoms with Crippen LogP contribution in [0.3, 0.4) is 0 Å². The molecule has 0 aromatic heterocycles. The molecule has 200 valence electrons. The molecule has 3 saturated carbocycles. The Bertz CT molecular complexity index is 774. The molecule has 0 heterocycles. The first-order valence-corrected chi connectivity index (χ1v) is 15.1. The van der Waals surface area contributed by atoms with Crippen LogP contribution in [0.4, 0.5) is 0 Å². The first kappa shape index (κ1) is 27.4. The number of aliphatic hydroxyl groups is 1. The first-order chi connectivity index (χ1) is 16.5. The molecule has 0 aromatic carbocycles. The Balaban J connectivity index is 1.30. The van der Waals surface area contributed by atoms with Gasteiger partial charge in [0.1, 0.15) is 5.78 Å². The van der Waals surface area contributed by atoms with E-state index in [0.717, 1.165) is 55.4 Å². The Hall–Kier alpha value is -0.670. The summed E-state index contributed by atoms with van der Waals surface area (Å²) in [4.78, 5) is 14.4. The highest BCUT2D eigenvalue weighted by Crippen LogP contribution is 2.67. The van der Waals surface area contributed by atoms with Crippen LogP contribution >= 0.6 is 0 Å². The van der Waals surface area contributed by atoms with Crippen LogP contribution in [0, 0.1) is 46.3 Å². The van der Waals surface area contributed by atoms with Crippen LogP contribution in [0.5, 0.6) is 0 Å². The Morgan fingerprint density at radius 1 is 1.09 bits per heavy atom. The van der Waals surface area contributed by atoms with Gasteiger partial charge in [0.15, 0.2) is 0 Å². The molecule has 0 amide bonds. The third-order valence-corrected chi connectivity index (χ3v) is 11.6. The van der Waals surface area contributed by atoms with E-state index in [1.54, 1.807) is 5.57 Å². The van der Waals surface area contributed by atoms with Gasteiger partial charge in [0.05, 0.1) is 6.10 Å². The fraction of sp³-hybridized carbons (Fsp3) is 0.906.